The second kappa shape index (κ2) is 5.47. The van der Waals surface area contributed by atoms with Crippen LogP contribution in [0.15, 0.2) is 24.3 Å². The van der Waals surface area contributed by atoms with Crippen molar-refractivity contribution in [3.8, 4) is 5.75 Å². The maximum atomic E-state index is 6.05. The van der Waals surface area contributed by atoms with Gasteiger partial charge in [0.25, 0.3) is 0 Å². The second-order valence-electron chi connectivity index (χ2n) is 5.22. The summed E-state index contributed by atoms with van der Waals surface area (Å²) in [5, 5.41) is 4.15. The number of hydrogen-bond acceptors (Lipinski definition) is 3. The molecule has 2 atom stereocenters. The summed E-state index contributed by atoms with van der Waals surface area (Å²) in [6, 6.07) is 7.66. The molecule has 2 fully saturated rings. The third-order valence-electron chi connectivity index (χ3n) is 3.97. The van der Waals surface area contributed by atoms with Crippen molar-refractivity contribution in [1.29, 1.82) is 0 Å². The van der Waals surface area contributed by atoms with E-state index in [-0.39, 0.29) is 0 Å². The van der Waals surface area contributed by atoms with Crippen LogP contribution in [-0.4, -0.2) is 44.2 Å². The molecular weight excluding hydrogens is 248 g/mol. The molecule has 2 heterocycles. The minimum absolute atomic E-state index is 0.694. The smallest absolute Gasteiger partial charge is 0.137 e. The van der Waals surface area contributed by atoms with Crippen molar-refractivity contribution in [2.45, 2.75) is 0 Å². The summed E-state index contributed by atoms with van der Waals surface area (Å²) >= 11 is 6.05. The SMILES string of the molecule is Clc1ccccc1OCCN1CC2CNCC2C1. The lowest BCUT2D eigenvalue weighted by atomic mass is 10.0. The van der Waals surface area contributed by atoms with Crippen LogP contribution in [0.4, 0.5) is 0 Å². The summed E-state index contributed by atoms with van der Waals surface area (Å²) in [6.07, 6.45) is 0. The Hall–Kier alpha value is -0.770. The lowest BCUT2D eigenvalue weighted by Gasteiger charge is -2.17. The van der Waals surface area contributed by atoms with Crippen LogP contribution in [0.2, 0.25) is 5.02 Å². The van der Waals surface area contributed by atoms with Gasteiger partial charge in [-0.25, -0.2) is 0 Å². The summed E-state index contributed by atoms with van der Waals surface area (Å²) < 4.78 is 5.73. The summed E-state index contributed by atoms with van der Waals surface area (Å²) in [5.41, 5.74) is 0. The first-order chi connectivity index (χ1) is 8.83. The van der Waals surface area contributed by atoms with Crippen LogP contribution in [0.1, 0.15) is 0 Å². The van der Waals surface area contributed by atoms with Gasteiger partial charge in [-0.1, -0.05) is 23.7 Å². The van der Waals surface area contributed by atoms with Crippen molar-refractivity contribution in [1.82, 2.24) is 10.2 Å². The number of rotatable bonds is 4. The molecular formula is C14H19ClN2O. The zero-order valence-corrected chi connectivity index (χ0v) is 11.2. The summed E-state index contributed by atoms with van der Waals surface area (Å²) in [6.45, 7) is 6.51. The molecule has 0 aromatic heterocycles. The number of nitrogens with one attached hydrogen (secondary N) is 1. The number of likely N-dealkylation sites (tertiary alicyclic amines) is 1. The highest BCUT2D eigenvalue weighted by Crippen LogP contribution is 2.26. The van der Waals surface area contributed by atoms with Crippen LogP contribution < -0.4 is 10.1 Å². The normalized spacial score (nSPS) is 27.4. The molecule has 0 saturated carbocycles. The first-order valence-electron chi connectivity index (χ1n) is 6.63. The molecule has 98 valence electrons. The molecule has 0 amide bonds. The predicted molar refractivity (Wildman–Crippen MR) is 73.2 cm³/mol. The Kier molecular flexibility index (Phi) is 3.73. The fraction of sp³-hybridized carbons (Fsp3) is 0.571. The highest BCUT2D eigenvalue weighted by atomic mass is 35.5. The van der Waals surface area contributed by atoms with Gasteiger partial charge < -0.3 is 10.1 Å². The number of nitrogens with zero attached hydrogens (tertiary/aromatic N) is 1. The highest BCUT2D eigenvalue weighted by molar-refractivity contribution is 6.32. The molecule has 3 rings (SSSR count). The van der Waals surface area contributed by atoms with E-state index >= 15 is 0 Å². The molecule has 1 aromatic carbocycles. The Balaban J connectivity index is 1.44. The van der Waals surface area contributed by atoms with Gasteiger partial charge in [0.1, 0.15) is 12.4 Å². The molecule has 2 aliphatic rings. The van der Waals surface area contributed by atoms with Crippen LogP contribution in [0.5, 0.6) is 5.75 Å². The molecule has 1 N–H and O–H groups in total. The van der Waals surface area contributed by atoms with Crippen molar-refractivity contribution in [3.05, 3.63) is 29.3 Å². The van der Waals surface area contributed by atoms with Gasteiger partial charge >= 0.3 is 0 Å². The summed E-state index contributed by atoms with van der Waals surface area (Å²) in [4.78, 5) is 2.51. The molecule has 2 saturated heterocycles. The Bertz CT molecular complexity index is 401. The van der Waals surface area contributed by atoms with E-state index in [0.717, 1.165) is 30.7 Å². The van der Waals surface area contributed by atoms with E-state index < -0.39 is 0 Å². The fourth-order valence-electron chi connectivity index (χ4n) is 2.98. The van der Waals surface area contributed by atoms with E-state index in [1.54, 1.807) is 0 Å². The lowest BCUT2D eigenvalue weighted by molar-refractivity contribution is 0.228. The van der Waals surface area contributed by atoms with E-state index in [0.29, 0.717) is 5.02 Å². The van der Waals surface area contributed by atoms with Crippen LogP contribution in [-0.2, 0) is 0 Å². The topological polar surface area (TPSA) is 24.5 Å². The fourth-order valence-corrected chi connectivity index (χ4v) is 3.17. The predicted octanol–water partition coefficient (Wildman–Crippen LogP) is 1.87. The minimum Gasteiger partial charge on any atom is -0.491 e. The van der Waals surface area contributed by atoms with E-state index in [9.17, 15) is 0 Å². The van der Waals surface area contributed by atoms with E-state index in [4.69, 9.17) is 16.3 Å². The third-order valence-corrected chi connectivity index (χ3v) is 4.28. The Morgan fingerprint density at radius 1 is 1.22 bits per heavy atom. The van der Waals surface area contributed by atoms with Crippen LogP contribution in [0, 0.1) is 11.8 Å². The Morgan fingerprint density at radius 2 is 1.94 bits per heavy atom. The zero-order chi connectivity index (χ0) is 12.4. The standard InChI is InChI=1S/C14H19ClN2O/c15-13-3-1-2-4-14(13)18-6-5-17-9-11-7-16-8-12(11)10-17/h1-4,11-12,16H,5-10H2. The quantitative estimate of drug-likeness (QED) is 0.901. The monoisotopic (exact) mass is 266 g/mol. The molecule has 2 aliphatic heterocycles. The van der Waals surface area contributed by atoms with E-state index in [1.807, 2.05) is 24.3 Å². The Morgan fingerprint density at radius 3 is 2.67 bits per heavy atom. The van der Waals surface area contributed by atoms with Gasteiger partial charge in [0, 0.05) is 19.6 Å². The number of benzene rings is 1. The van der Waals surface area contributed by atoms with Gasteiger partial charge in [0.15, 0.2) is 0 Å². The maximum Gasteiger partial charge on any atom is 0.137 e. The molecule has 2 unspecified atom stereocenters. The van der Waals surface area contributed by atoms with E-state index in [1.165, 1.54) is 26.2 Å². The van der Waals surface area contributed by atoms with Crippen LogP contribution >= 0.6 is 11.6 Å². The summed E-state index contributed by atoms with van der Waals surface area (Å²) in [5.74, 6) is 2.50. The molecule has 1 aromatic rings. The van der Waals surface area contributed by atoms with Crippen molar-refractivity contribution in [2.75, 3.05) is 39.3 Å². The number of hydrogen-bond donors (Lipinski definition) is 1. The molecule has 0 aliphatic carbocycles. The van der Waals surface area contributed by atoms with Crippen molar-refractivity contribution in [3.63, 3.8) is 0 Å². The average Bonchev–Trinajstić information content (AvgIpc) is 2.92. The third kappa shape index (κ3) is 2.63. The molecule has 4 heteroatoms. The molecule has 0 spiro atoms. The van der Waals surface area contributed by atoms with Crippen molar-refractivity contribution < 1.29 is 4.74 Å². The first-order valence-corrected chi connectivity index (χ1v) is 7.01. The van der Waals surface area contributed by atoms with Gasteiger partial charge in [0.05, 0.1) is 5.02 Å². The van der Waals surface area contributed by atoms with Crippen molar-refractivity contribution in [2.24, 2.45) is 11.8 Å². The molecule has 3 nitrogen and oxygen atoms in total. The van der Waals surface area contributed by atoms with Gasteiger partial charge in [-0.15, -0.1) is 0 Å². The van der Waals surface area contributed by atoms with Crippen LogP contribution in [0.3, 0.4) is 0 Å². The average molecular weight is 267 g/mol. The van der Waals surface area contributed by atoms with Gasteiger partial charge in [0.2, 0.25) is 0 Å². The van der Waals surface area contributed by atoms with E-state index in [2.05, 4.69) is 10.2 Å². The molecule has 0 bridgehead atoms. The molecule has 18 heavy (non-hydrogen) atoms. The second-order valence-corrected chi connectivity index (χ2v) is 5.62. The number of ether oxygens (including phenoxy) is 1. The number of para-hydroxylation sites is 1. The summed E-state index contributed by atoms with van der Waals surface area (Å²) in [7, 11) is 0. The number of fused-ring (bicyclic) bond motifs is 1. The van der Waals surface area contributed by atoms with Gasteiger partial charge in [-0.2, -0.15) is 0 Å². The first kappa shape index (κ1) is 12.3. The van der Waals surface area contributed by atoms with Gasteiger partial charge in [-0.3, -0.25) is 4.90 Å². The largest absolute Gasteiger partial charge is 0.491 e. The molecule has 0 radical (unpaired) electrons. The zero-order valence-electron chi connectivity index (χ0n) is 10.4. The van der Waals surface area contributed by atoms with Crippen molar-refractivity contribution >= 4 is 11.6 Å². The minimum atomic E-state index is 0.694. The van der Waals surface area contributed by atoms with Crippen LogP contribution in [0.25, 0.3) is 0 Å². The Labute approximate surface area is 113 Å². The highest BCUT2D eigenvalue weighted by Gasteiger charge is 2.35. The van der Waals surface area contributed by atoms with Gasteiger partial charge in [-0.05, 0) is 37.1 Å². The number of halogens is 1. The lowest BCUT2D eigenvalue weighted by Crippen LogP contribution is -2.29. The maximum absolute atomic E-state index is 6.05.